The molecule has 0 bridgehead atoms. The molecule has 0 spiro atoms. The first kappa shape index (κ1) is 22.2. The molecule has 1 N–H and O–H groups in total. The summed E-state index contributed by atoms with van der Waals surface area (Å²) in [7, 11) is 0. The van der Waals surface area contributed by atoms with Crippen molar-refractivity contribution in [2.24, 2.45) is 0 Å². The third-order valence-electron chi connectivity index (χ3n) is 6.63. The first-order chi connectivity index (χ1) is 16.6. The molecule has 34 heavy (non-hydrogen) atoms. The maximum absolute atomic E-state index is 13.1. The molecule has 1 aromatic heterocycles. The lowest BCUT2D eigenvalue weighted by Gasteiger charge is -2.32. The minimum Gasteiger partial charge on any atom is -0.494 e. The topological polar surface area (TPSA) is 72.3 Å². The molecule has 0 saturated carbocycles. The second kappa shape index (κ2) is 9.33. The molecule has 7 nitrogen and oxygen atoms in total. The average Bonchev–Trinajstić information content (AvgIpc) is 3.29. The normalized spacial score (nSPS) is 17.1. The van der Waals surface area contributed by atoms with Crippen molar-refractivity contribution in [1.82, 2.24) is 14.8 Å². The van der Waals surface area contributed by atoms with E-state index in [1.54, 1.807) is 0 Å². The monoisotopic (exact) mass is 457 g/mol. The van der Waals surface area contributed by atoms with Crippen LogP contribution in [0.3, 0.4) is 0 Å². The number of ketones is 1. The summed E-state index contributed by atoms with van der Waals surface area (Å²) in [6.45, 7) is 8.82. The van der Waals surface area contributed by atoms with Crippen LogP contribution in [0.15, 0.2) is 59.8 Å². The van der Waals surface area contributed by atoms with Crippen molar-refractivity contribution in [2.45, 2.75) is 46.1 Å². The molecule has 3 aromatic rings. The Morgan fingerprint density at radius 2 is 1.76 bits per heavy atom. The van der Waals surface area contributed by atoms with E-state index in [1.807, 2.05) is 35.9 Å². The third kappa shape index (κ3) is 3.95. The summed E-state index contributed by atoms with van der Waals surface area (Å²) >= 11 is 0. The average molecular weight is 458 g/mol. The minimum absolute atomic E-state index is 0.190. The van der Waals surface area contributed by atoms with Gasteiger partial charge in [0.1, 0.15) is 11.8 Å². The highest BCUT2D eigenvalue weighted by atomic mass is 16.5. The van der Waals surface area contributed by atoms with Gasteiger partial charge in [-0.25, -0.2) is 4.68 Å². The molecule has 7 heteroatoms. The number of allylic oxidation sites excluding steroid dienone is 2. The van der Waals surface area contributed by atoms with E-state index in [0.29, 0.717) is 24.8 Å². The standard InChI is InChI=1S/C27H31N5O2/c1-4-31(5-2)20-14-10-18(11-15-20)25-24-22(8-7-9-23(24)33)28-27-29-26(30-32(25)27)19-12-16-21(17-13-19)34-6-3/h10-17,25H,4-9H2,1-3H3,(H,28,29,30). The summed E-state index contributed by atoms with van der Waals surface area (Å²) in [4.78, 5) is 20.2. The van der Waals surface area contributed by atoms with Gasteiger partial charge in [-0.1, -0.05) is 12.1 Å². The fraction of sp³-hybridized carbons (Fsp3) is 0.370. The molecule has 2 aromatic carbocycles. The van der Waals surface area contributed by atoms with Gasteiger partial charge in [0, 0.05) is 42.0 Å². The van der Waals surface area contributed by atoms with Gasteiger partial charge in [0.05, 0.1) is 6.61 Å². The zero-order chi connectivity index (χ0) is 23.7. The highest BCUT2D eigenvalue weighted by Gasteiger charge is 2.36. The van der Waals surface area contributed by atoms with Crippen LogP contribution in [-0.4, -0.2) is 40.2 Å². The number of nitrogens with zero attached hydrogens (tertiary/aromatic N) is 4. The summed E-state index contributed by atoms with van der Waals surface area (Å²) in [5, 5.41) is 8.29. The molecule has 0 fully saturated rings. The predicted octanol–water partition coefficient (Wildman–Crippen LogP) is 5.21. The van der Waals surface area contributed by atoms with Crippen LogP contribution in [0.4, 0.5) is 11.6 Å². The number of rotatable bonds is 7. The lowest BCUT2D eigenvalue weighted by atomic mass is 9.85. The van der Waals surface area contributed by atoms with Crippen molar-refractivity contribution >= 4 is 17.4 Å². The van der Waals surface area contributed by atoms with Gasteiger partial charge in [0.15, 0.2) is 11.6 Å². The molecule has 176 valence electrons. The van der Waals surface area contributed by atoms with E-state index in [0.717, 1.165) is 54.1 Å². The van der Waals surface area contributed by atoms with Crippen LogP contribution in [0, 0.1) is 0 Å². The summed E-state index contributed by atoms with van der Waals surface area (Å²) in [6, 6.07) is 16.1. The lowest BCUT2D eigenvalue weighted by Crippen LogP contribution is -2.31. The highest BCUT2D eigenvalue weighted by Crippen LogP contribution is 2.41. The van der Waals surface area contributed by atoms with Crippen molar-refractivity contribution in [3.63, 3.8) is 0 Å². The first-order valence-electron chi connectivity index (χ1n) is 12.2. The van der Waals surface area contributed by atoms with E-state index in [2.05, 4.69) is 48.3 Å². The maximum atomic E-state index is 13.1. The second-order valence-electron chi connectivity index (χ2n) is 8.62. The van der Waals surface area contributed by atoms with Gasteiger partial charge < -0.3 is 15.0 Å². The fourth-order valence-electron chi connectivity index (χ4n) is 4.91. The molecule has 2 aliphatic rings. The zero-order valence-electron chi connectivity index (χ0n) is 20.0. The number of ether oxygens (including phenoxy) is 1. The Labute approximate surface area is 200 Å². The number of fused-ring (bicyclic) bond motifs is 1. The maximum Gasteiger partial charge on any atom is 0.226 e. The molecule has 0 saturated heterocycles. The number of aromatic nitrogens is 3. The minimum atomic E-state index is -0.284. The van der Waals surface area contributed by atoms with Gasteiger partial charge in [-0.15, -0.1) is 5.10 Å². The number of Topliss-reactive ketones (excluding diaryl/α,β-unsaturated/α-hetero) is 1. The van der Waals surface area contributed by atoms with Crippen LogP contribution in [0.1, 0.15) is 51.6 Å². The molecule has 5 rings (SSSR count). The molecular weight excluding hydrogens is 426 g/mol. The van der Waals surface area contributed by atoms with Crippen molar-refractivity contribution < 1.29 is 9.53 Å². The van der Waals surface area contributed by atoms with Gasteiger partial charge >= 0.3 is 0 Å². The van der Waals surface area contributed by atoms with Crippen LogP contribution in [0.25, 0.3) is 11.4 Å². The Morgan fingerprint density at radius 3 is 2.44 bits per heavy atom. The number of nitrogens with one attached hydrogen (secondary N) is 1. The SMILES string of the molecule is CCOc1ccc(-c2nc3n(n2)C(c2ccc(N(CC)CC)cc2)C2=C(CCCC2=O)N3)cc1. The number of hydrogen-bond donors (Lipinski definition) is 1. The van der Waals surface area contributed by atoms with Crippen LogP contribution >= 0.6 is 0 Å². The predicted molar refractivity (Wildman–Crippen MR) is 134 cm³/mol. The number of hydrogen-bond acceptors (Lipinski definition) is 6. The number of benzene rings is 2. The van der Waals surface area contributed by atoms with Gasteiger partial charge in [-0.2, -0.15) is 4.98 Å². The summed E-state index contributed by atoms with van der Waals surface area (Å²) in [6.07, 6.45) is 2.28. The summed E-state index contributed by atoms with van der Waals surface area (Å²) < 4.78 is 7.44. The molecule has 0 amide bonds. The smallest absolute Gasteiger partial charge is 0.226 e. The van der Waals surface area contributed by atoms with Crippen molar-refractivity contribution in [1.29, 1.82) is 0 Å². The van der Waals surface area contributed by atoms with E-state index >= 15 is 0 Å². The number of carbonyl (C=O) groups is 1. The Hall–Kier alpha value is -3.61. The van der Waals surface area contributed by atoms with Crippen molar-refractivity contribution in [2.75, 3.05) is 29.9 Å². The first-order valence-corrected chi connectivity index (χ1v) is 12.2. The van der Waals surface area contributed by atoms with E-state index in [4.69, 9.17) is 14.8 Å². The van der Waals surface area contributed by atoms with Crippen LogP contribution in [0.5, 0.6) is 5.75 Å². The van der Waals surface area contributed by atoms with Gasteiger partial charge in [-0.05, 0) is 75.6 Å². The van der Waals surface area contributed by atoms with Gasteiger partial charge in [0.2, 0.25) is 5.95 Å². The largest absolute Gasteiger partial charge is 0.494 e. The number of anilines is 2. The fourth-order valence-corrected chi connectivity index (χ4v) is 4.91. The van der Waals surface area contributed by atoms with E-state index < -0.39 is 0 Å². The second-order valence-corrected chi connectivity index (χ2v) is 8.62. The van der Waals surface area contributed by atoms with Crippen LogP contribution < -0.4 is 15.0 Å². The Kier molecular flexibility index (Phi) is 6.09. The molecule has 1 atom stereocenters. The van der Waals surface area contributed by atoms with Crippen molar-refractivity contribution in [3.05, 3.63) is 65.4 Å². The van der Waals surface area contributed by atoms with Gasteiger partial charge in [0.25, 0.3) is 0 Å². The molecule has 0 radical (unpaired) electrons. The zero-order valence-corrected chi connectivity index (χ0v) is 20.0. The van der Waals surface area contributed by atoms with Gasteiger partial charge in [-0.3, -0.25) is 4.79 Å². The third-order valence-corrected chi connectivity index (χ3v) is 6.63. The molecular formula is C27H31N5O2. The van der Waals surface area contributed by atoms with E-state index in [1.165, 1.54) is 5.69 Å². The quantitative estimate of drug-likeness (QED) is 0.525. The van der Waals surface area contributed by atoms with Crippen LogP contribution in [-0.2, 0) is 4.79 Å². The van der Waals surface area contributed by atoms with Crippen LogP contribution in [0.2, 0.25) is 0 Å². The Bertz CT molecular complexity index is 1210. The molecule has 2 heterocycles. The van der Waals surface area contributed by atoms with Crippen molar-refractivity contribution in [3.8, 4) is 17.1 Å². The molecule has 1 unspecified atom stereocenters. The summed E-state index contributed by atoms with van der Waals surface area (Å²) in [5.41, 5.74) is 4.93. The van der Waals surface area contributed by atoms with E-state index in [-0.39, 0.29) is 11.8 Å². The Morgan fingerprint density at radius 1 is 1.03 bits per heavy atom. The Balaban J connectivity index is 1.56. The highest BCUT2D eigenvalue weighted by molar-refractivity contribution is 5.99. The molecule has 1 aliphatic carbocycles. The summed E-state index contributed by atoms with van der Waals surface area (Å²) in [5.74, 6) is 2.32. The molecule has 1 aliphatic heterocycles. The van der Waals surface area contributed by atoms with E-state index in [9.17, 15) is 4.79 Å². The lowest BCUT2D eigenvalue weighted by molar-refractivity contribution is -0.116. The number of carbonyl (C=O) groups excluding carboxylic acids is 1.